The zero-order chi connectivity index (χ0) is 14.6. The SMILES string of the molecule is CC(CC(N)=S)N(C)C(=O)c1cccc(N(C)C)c1. The Morgan fingerprint density at radius 3 is 2.53 bits per heavy atom. The molecule has 4 nitrogen and oxygen atoms in total. The van der Waals surface area contributed by atoms with Crippen LogP contribution in [0.3, 0.4) is 0 Å². The fourth-order valence-corrected chi connectivity index (χ4v) is 1.99. The lowest BCUT2D eigenvalue weighted by Crippen LogP contribution is -2.37. The van der Waals surface area contributed by atoms with E-state index in [-0.39, 0.29) is 11.9 Å². The van der Waals surface area contributed by atoms with Gasteiger partial charge < -0.3 is 15.5 Å². The van der Waals surface area contributed by atoms with Crippen LogP contribution in [0.5, 0.6) is 0 Å². The number of anilines is 1. The van der Waals surface area contributed by atoms with E-state index in [0.717, 1.165) is 5.69 Å². The molecule has 0 aliphatic heterocycles. The molecule has 0 spiro atoms. The van der Waals surface area contributed by atoms with Crippen LogP contribution in [0.1, 0.15) is 23.7 Å². The summed E-state index contributed by atoms with van der Waals surface area (Å²) in [5, 5.41) is 0. The van der Waals surface area contributed by atoms with Gasteiger partial charge in [0.05, 0.1) is 4.99 Å². The second-order valence-corrected chi connectivity index (χ2v) is 5.40. The van der Waals surface area contributed by atoms with Crippen molar-refractivity contribution in [3.63, 3.8) is 0 Å². The summed E-state index contributed by atoms with van der Waals surface area (Å²) in [7, 11) is 5.67. The zero-order valence-electron chi connectivity index (χ0n) is 11.9. The Morgan fingerprint density at radius 2 is 2.00 bits per heavy atom. The lowest BCUT2D eigenvalue weighted by Gasteiger charge is -2.25. The third kappa shape index (κ3) is 4.21. The average molecular weight is 279 g/mol. The normalized spacial score (nSPS) is 11.8. The van der Waals surface area contributed by atoms with E-state index in [1.165, 1.54) is 0 Å². The molecular formula is C14H21N3OS. The Bertz CT molecular complexity index is 474. The Hall–Kier alpha value is -1.62. The highest BCUT2D eigenvalue weighted by atomic mass is 32.1. The van der Waals surface area contributed by atoms with Gasteiger partial charge in [0, 0.05) is 44.9 Å². The number of carbonyl (C=O) groups is 1. The van der Waals surface area contributed by atoms with E-state index in [4.69, 9.17) is 18.0 Å². The molecule has 2 N–H and O–H groups in total. The lowest BCUT2D eigenvalue weighted by molar-refractivity contribution is 0.0748. The van der Waals surface area contributed by atoms with Crippen molar-refractivity contribution >= 4 is 28.8 Å². The summed E-state index contributed by atoms with van der Waals surface area (Å²) in [4.78, 5) is 16.4. The minimum atomic E-state index is -0.0209. The molecule has 0 saturated heterocycles. The van der Waals surface area contributed by atoms with Gasteiger partial charge in [-0.15, -0.1) is 0 Å². The van der Waals surface area contributed by atoms with Crippen LogP contribution < -0.4 is 10.6 Å². The van der Waals surface area contributed by atoms with Crippen LogP contribution in [0.25, 0.3) is 0 Å². The Kier molecular flexibility index (Phi) is 5.30. The van der Waals surface area contributed by atoms with Crippen LogP contribution in [0.2, 0.25) is 0 Å². The van der Waals surface area contributed by atoms with Gasteiger partial charge in [-0.25, -0.2) is 0 Å². The van der Waals surface area contributed by atoms with E-state index in [1.807, 2.05) is 50.2 Å². The molecule has 1 atom stereocenters. The summed E-state index contributed by atoms with van der Waals surface area (Å²) >= 11 is 4.88. The summed E-state index contributed by atoms with van der Waals surface area (Å²) in [5.74, 6) is -0.0209. The first kappa shape index (κ1) is 15.4. The zero-order valence-corrected chi connectivity index (χ0v) is 12.7. The first-order chi connectivity index (χ1) is 8.82. The Labute approximate surface area is 120 Å². The molecule has 1 aromatic rings. The van der Waals surface area contributed by atoms with Gasteiger partial charge >= 0.3 is 0 Å². The van der Waals surface area contributed by atoms with Gasteiger partial charge in [-0.3, -0.25) is 4.79 Å². The predicted molar refractivity (Wildman–Crippen MR) is 83.7 cm³/mol. The van der Waals surface area contributed by atoms with Gasteiger partial charge in [-0.1, -0.05) is 18.3 Å². The molecule has 1 aromatic carbocycles. The molecule has 0 fully saturated rings. The Morgan fingerprint density at radius 1 is 1.37 bits per heavy atom. The fraction of sp³-hybridized carbons (Fsp3) is 0.429. The van der Waals surface area contributed by atoms with E-state index >= 15 is 0 Å². The van der Waals surface area contributed by atoms with Gasteiger partial charge in [0.15, 0.2) is 0 Å². The first-order valence-electron chi connectivity index (χ1n) is 6.15. The quantitative estimate of drug-likeness (QED) is 0.836. The van der Waals surface area contributed by atoms with E-state index in [0.29, 0.717) is 17.0 Å². The van der Waals surface area contributed by atoms with Crippen molar-refractivity contribution in [3.8, 4) is 0 Å². The lowest BCUT2D eigenvalue weighted by atomic mass is 10.1. The van der Waals surface area contributed by atoms with E-state index in [2.05, 4.69) is 0 Å². The van der Waals surface area contributed by atoms with Crippen LogP contribution in [-0.2, 0) is 0 Å². The molecule has 0 aromatic heterocycles. The van der Waals surface area contributed by atoms with Gasteiger partial charge in [0.2, 0.25) is 0 Å². The molecule has 0 aliphatic carbocycles. The van der Waals surface area contributed by atoms with E-state index in [1.54, 1.807) is 11.9 Å². The number of hydrogen-bond acceptors (Lipinski definition) is 3. The maximum Gasteiger partial charge on any atom is 0.253 e. The number of carbonyl (C=O) groups excluding carboxylic acids is 1. The second kappa shape index (κ2) is 6.52. The van der Waals surface area contributed by atoms with Crippen LogP contribution >= 0.6 is 12.2 Å². The third-order valence-electron chi connectivity index (χ3n) is 3.09. The Balaban J connectivity index is 2.87. The molecule has 0 aliphatic rings. The summed E-state index contributed by atoms with van der Waals surface area (Å²) in [6.45, 7) is 1.94. The van der Waals surface area contributed by atoms with Crippen molar-refractivity contribution in [1.29, 1.82) is 0 Å². The maximum absolute atomic E-state index is 12.4. The molecule has 19 heavy (non-hydrogen) atoms. The van der Waals surface area contributed by atoms with E-state index in [9.17, 15) is 4.79 Å². The number of thiocarbonyl (C=S) groups is 1. The van der Waals surface area contributed by atoms with Gasteiger partial charge in [-0.2, -0.15) is 0 Å². The summed E-state index contributed by atoms with van der Waals surface area (Å²) in [5.41, 5.74) is 7.19. The van der Waals surface area contributed by atoms with Crippen molar-refractivity contribution in [1.82, 2.24) is 4.90 Å². The van der Waals surface area contributed by atoms with Crippen molar-refractivity contribution in [2.75, 3.05) is 26.0 Å². The molecule has 0 radical (unpaired) electrons. The smallest absolute Gasteiger partial charge is 0.253 e. The molecule has 0 heterocycles. The summed E-state index contributed by atoms with van der Waals surface area (Å²) < 4.78 is 0. The van der Waals surface area contributed by atoms with Gasteiger partial charge in [-0.05, 0) is 25.1 Å². The largest absolute Gasteiger partial charge is 0.393 e. The molecule has 1 unspecified atom stereocenters. The number of amides is 1. The van der Waals surface area contributed by atoms with Crippen molar-refractivity contribution in [2.24, 2.45) is 5.73 Å². The maximum atomic E-state index is 12.4. The predicted octanol–water partition coefficient (Wildman–Crippen LogP) is 1.89. The molecule has 0 saturated carbocycles. The molecule has 1 rings (SSSR count). The average Bonchev–Trinajstić information content (AvgIpc) is 2.36. The first-order valence-corrected chi connectivity index (χ1v) is 6.56. The standard InChI is InChI=1S/C14H21N3OS/c1-10(8-13(15)19)17(4)14(18)11-6-5-7-12(9-11)16(2)3/h5-7,9-10H,8H2,1-4H3,(H2,15,19). The topological polar surface area (TPSA) is 49.6 Å². The minimum absolute atomic E-state index is 0.00647. The molecular weight excluding hydrogens is 258 g/mol. The molecule has 104 valence electrons. The van der Waals surface area contributed by atoms with Crippen molar-refractivity contribution in [2.45, 2.75) is 19.4 Å². The second-order valence-electron chi connectivity index (χ2n) is 4.88. The highest BCUT2D eigenvalue weighted by Crippen LogP contribution is 2.16. The van der Waals surface area contributed by atoms with Gasteiger partial charge in [0.25, 0.3) is 5.91 Å². The van der Waals surface area contributed by atoms with Gasteiger partial charge in [0.1, 0.15) is 0 Å². The highest BCUT2D eigenvalue weighted by Gasteiger charge is 2.18. The van der Waals surface area contributed by atoms with Crippen molar-refractivity contribution < 1.29 is 4.79 Å². The summed E-state index contributed by atoms with van der Waals surface area (Å²) in [6.07, 6.45) is 0.533. The third-order valence-corrected chi connectivity index (χ3v) is 3.25. The van der Waals surface area contributed by atoms with Crippen LogP contribution in [0.15, 0.2) is 24.3 Å². The molecule has 0 bridgehead atoms. The number of rotatable bonds is 5. The number of nitrogens with zero attached hydrogens (tertiary/aromatic N) is 2. The monoisotopic (exact) mass is 279 g/mol. The fourth-order valence-electron chi connectivity index (χ4n) is 1.75. The number of benzene rings is 1. The van der Waals surface area contributed by atoms with Crippen LogP contribution in [-0.4, -0.2) is 43.0 Å². The number of hydrogen-bond donors (Lipinski definition) is 1. The van der Waals surface area contributed by atoms with E-state index < -0.39 is 0 Å². The molecule has 1 amide bonds. The van der Waals surface area contributed by atoms with Crippen LogP contribution in [0, 0.1) is 0 Å². The highest BCUT2D eigenvalue weighted by molar-refractivity contribution is 7.80. The van der Waals surface area contributed by atoms with Crippen molar-refractivity contribution in [3.05, 3.63) is 29.8 Å². The van der Waals surface area contributed by atoms with Crippen LogP contribution in [0.4, 0.5) is 5.69 Å². The minimum Gasteiger partial charge on any atom is -0.393 e. The molecule has 5 heteroatoms. The summed E-state index contributed by atoms with van der Waals surface area (Å²) in [6, 6.07) is 7.54. The number of nitrogens with two attached hydrogens (primary N) is 1.